The molecule has 0 spiro atoms. The number of aryl methyl sites for hydroxylation is 1. The summed E-state index contributed by atoms with van der Waals surface area (Å²) in [5.41, 5.74) is 8.54. The topological polar surface area (TPSA) is 50.9 Å². The molecular formula is C13H12BrN3S. The van der Waals surface area contributed by atoms with Crippen LogP contribution in [-0.4, -0.2) is 9.97 Å². The molecule has 0 bridgehead atoms. The zero-order valence-electron chi connectivity index (χ0n) is 9.77. The highest BCUT2D eigenvalue weighted by atomic mass is 79.9. The summed E-state index contributed by atoms with van der Waals surface area (Å²) >= 11 is 8.39. The number of hydrogen-bond donors (Lipinski definition) is 2. The van der Waals surface area contributed by atoms with E-state index in [1.807, 2.05) is 31.2 Å². The SMILES string of the molecule is Cc1ccc(Br)cc1Nc1cc(C(N)=S)ccn1. The minimum absolute atomic E-state index is 0.367. The smallest absolute Gasteiger partial charge is 0.130 e. The van der Waals surface area contributed by atoms with Crippen LogP contribution in [0, 0.1) is 6.92 Å². The largest absolute Gasteiger partial charge is 0.389 e. The molecule has 0 amide bonds. The molecule has 1 heterocycles. The van der Waals surface area contributed by atoms with Gasteiger partial charge in [0, 0.05) is 21.9 Å². The molecule has 2 rings (SSSR count). The van der Waals surface area contributed by atoms with Crippen LogP contribution >= 0.6 is 28.1 Å². The van der Waals surface area contributed by atoms with Crippen molar-refractivity contribution in [3.8, 4) is 0 Å². The van der Waals surface area contributed by atoms with Crippen molar-refractivity contribution < 1.29 is 0 Å². The summed E-state index contributed by atoms with van der Waals surface area (Å²) in [7, 11) is 0. The maximum absolute atomic E-state index is 5.60. The highest BCUT2D eigenvalue weighted by Crippen LogP contribution is 2.23. The van der Waals surface area contributed by atoms with E-state index in [-0.39, 0.29) is 0 Å². The van der Waals surface area contributed by atoms with Crippen molar-refractivity contribution in [2.45, 2.75) is 6.92 Å². The molecule has 0 atom stereocenters. The molecule has 18 heavy (non-hydrogen) atoms. The zero-order chi connectivity index (χ0) is 13.1. The van der Waals surface area contributed by atoms with Crippen LogP contribution in [0.5, 0.6) is 0 Å². The summed E-state index contributed by atoms with van der Waals surface area (Å²) in [6.07, 6.45) is 1.68. The van der Waals surface area contributed by atoms with Crippen LogP contribution in [0.4, 0.5) is 11.5 Å². The number of nitrogens with one attached hydrogen (secondary N) is 1. The van der Waals surface area contributed by atoms with E-state index in [9.17, 15) is 0 Å². The average molecular weight is 322 g/mol. The highest BCUT2D eigenvalue weighted by Gasteiger charge is 2.03. The van der Waals surface area contributed by atoms with E-state index >= 15 is 0 Å². The first-order valence-corrected chi connectivity index (χ1v) is 6.55. The average Bonchev–Trinajstić information content (AvgIpc) is 2.34. The molecule has 1 aromatic carbocycles. The number of rotatable bonds is 3. The van der Waals surface area contributed by atoms with Gasteiger partial charge in [0.1, 0.15) is 10.8 Å². The fraction of sp³-hybridized carbons (Fsp3) is 0.0769. The molecule has 0 radical (unpaired) electrons. The minimum Gasteiger partial charge on any atom is -0.389 e. The van der Waals surface area contributed by atoms with Crippen LogP contribution in [0.25, 0.3) is 0 Å². The molecule has 0 aliphatic carbocycles. The summed E-state index contributed by atoms with van der Waals surface area (Å²) in [5.74, 6) is 0.724. The highest BCUT2D eigenvalue weighted by molar-refractivity contribution is 9.10. The van der Waals surface area contributed by atoms with Crippen molar-refractivity contribution in [1.29, 1.82) is 0 Å². The van der Waals surface area contributed by atoms with Gasteiger partial charge in [-0.15, -0.1) is 0 Å². The third-order valence-electron chi connectivity index (χ3n) is 2.51. The van der Waals surface area contributed by atoms with E-state index in [0.29, 0.717) is 4.99 Å². The van der Waals surface area contributed by atoms with E-state index in [0.717, 1.165) is 27.1 Å². The van der Waals surface area contributed by atoms with E-state index in [4.69, 9.17) is 18.0 Å². The van der Waals surface area contributed by atoms with Gasteiger partial charge in [0.15, 0.2) is 0 Å². The Hall–Kier alpha value is -1.46. The Labute approximate surface area is 120 Å². The van der Waals surface area contributed by atoms with Crippen LogP contribution < -0.4 is 11.1 Å². The van der Waals surface area contributed by atoms with E-state index in [2.05, 4.69) is 26.2 Å². The predicted octanol–water partition coefficient (Wildman–Crippen LogP) is 3.53. The first-order chi connectivity index (χ1) is 8.56. The van der Waals surface area contributed by atoms with Crippen LogP contribution in [-0.2, 0) is 0 Å². The fourth-order valence-corrected chi connectivity index (χ4v) is 2.01. The lowest BCUT2D eigenvalue weighted by Crippen LogP contribution is -2.10. The number of nitrogens with zero attached hydrogens (tertiary/aromatic N) is 1. The molecule has 0 aliphatic rings. The van der Waals surface area contributed by atoms with Gasteiger partial charge in [-0.1, -0.05) is 34.2 Å². The Morgan fingerprint density at radius 1 is 1.33 bits per heavy atom. The van der Waals surface area contributed by atoms with Gasteiger partial charge in [-0.25, -0.2) is 4.98 Å². The van der Waals surface area contributed by atoms with Crippen LogP contribution in [0.1, 0.15) is 11.1 Å². The standard InChI is InChI=1S/C13H12BrN3S/c1-8-2-3-10(14)7-11(8)17-12-6-9(13(15)18)4-5-16-12/h2-7H,1H3,(H2,15,18)(H,16,17). The summed E-state index contributed by atoms with van der Waals surface area (Å²) in [6, 6.07) is 9.66. The Bertz CT molecular complexity index is 599. The summed E-state index contributed by atoms with van der Waals surface area (Å²) in [6.45, 7) is 2.03. The first kappa shape index (κ1) is 13.0. The second-order valence-corrected chi connectivity index (χ2v) is 5.23. The Balaban J connectivity index is 2.31. The van der Waals surface area contributed by atoms with E-state index in [1.165, 1.54) is 0 Å². The van der Waals surface area contributed by atoms with Crippen molar-refractivity contribution in [3.63, 3.8) is 0 Å². The number of anilines is 2. The van der Waals surface area contributed by atoms with Crippen molar-refractivity contribution in [2.75, 3.05) is 5.32 Å². The van der Waals surface area contributed by atoms with Gasteiger partial charge in [0.05, 0.1) is 0 Å². The fourth-order valence-electron chi connectivity index (χ4n) is 1.52. The number of thiocarbonyl (C=S) groups is 1. The molecule has 2 aromatic rings. The molecule has 1 aromatic heterocycles. The molecule has 0 fully saturated rings. The predicted molar refractivity (Wildman–Crippen MR) is 82.3 cm³/mol. The maximum Gasteiger partial charge on any atom is 0.130 e. The first-order valence-electron chi connectivity index (χ1n) is 5.35. The van der Waals surface area contributed by atoms with Gasteiger partial charge >= 0.3 is 0 Å². The monoisotopic (exact) mass is 321 g/mol. The Morgan fingerprint density at radius 3 is 2.83 bits per heavy atom. The molecule has 0 aliphatic heterocycles. The number of nitrogens with two attached hydrogens (primary N) is 1. The molecule has 92 valence electrons. The summed E-state index contributed by atoms with van der Waals surface area (Å²) < 4.78 is 1.01. The lowest BCUT2D eigenvalue weighted by Gasteiger charge is -2.10. The van der Waals surface area contributed by atoms with E-state index in [1.54, 1.807) is 12.3 Å². The third kappa shape index (κ3) is 3.05. The van der Waals surface area contributed by atoms with Crippen LogP contribution in [0.15, 0.2) is 41.0 Å². The Kier molecular flexibility index (Phi) is 3.93. The van der Waals surface area contributed by atoms with Crippen LogP contribution in [0.2, 0.25) is 0 Å². The lowest BCUT2D eigenvalue weighted by atomic mass is 10.2. The number of hydrogen-bond acceptors (Lipinski definition) is 3. The number of pyridine rings is 1. The third-order valence-corrected chi connectivity index (χ3v) is 3.24. The van der Waals surface area contributed by atoms with Crippen molar-refractivity contribution >= 4 is 44.6 Å². The molecule has 0 unspecified atom stereocenters. The molecule has 0 saturated heterocycles. The van der Waals surface area contributed by atoms with Gasteiger partial charge in [-0.3, -0.25) is 0 Å². The van der Waals surface area contributed by atoms with E-state index < -0.39 is 0 Å². The lowest BCUT2D eigenvalue weighted by molar-refractivity contribution is 1.29. The number of aromatic nitrogens is 1. The second kappa shape index (κ2) is 5.46. The second-order valence-electron chi connectivity index (χ2n) is 3.88. The van der Waals surface area contributed by atoms with Gasteiger partial charge < -0.3 is 11.1 Å². The van der Waals surface area contributed by atoms with Crippen molar-refractivity contribution in [2.24, 2.45) is 5.73 Å². The molecule has 3 N–H and O–H groups in total. The summed E-state index contributed by atoms with van der Waals surface area (Å²) in [4.78, 5) is 4.61. The number of halogens is 1. The van der Waals surface area contributed by atoms with Crippen LogP contribution in [0.3, 0.4) is 0 Å². The molecule has 5 heteroatoms. The van der Waals surface area contributed by atoms with Gasteiger partial charge in [-0.05, 0) is 36.8 Å². The van der Waals surface area contributed by atoms with Gasteiger partial charge in [0.25, 0.3) is 0 Å². The van der Waals surface area contributed by atoms with Gasteiger partial charge in [0.2, 0.25) is 0 Å². The Morgan fingerprint density at radius 2 is 2.11 bits per heavy atom. The molecule has 0 saturated carbocycles. The van der Waals surface area contributed by atoms with Crippen molar-refractivity contribution in [1.82, 2.24) is 4.98 Å². The quantitative estimate of drug-likeness (QED) is 0.849. The minimum atomic E-state index is 0.367. The number of benzene rings is 1. The molecule has 3 nitrogen and oxygen atoms in total. The van der Waals surface area contributed by atoms with Gasteiger partial charge in [-0.2, -0.15) is 0 Å². The van der Waals surface area contributed by atoms with Crippen molar-refractivity contribution in [3.05, 3.63) is 52.1 Å². The normalized spacial score (nSPS) is 10.1. The maximum atomic E-state index is 5.60. The summed E-state index contributed by atoms with van der Waals surface area (Å²) in [5, 5.41) is 3.25. The molecular weight excluding hydrogens is 310 g/mol. The zero-order valence-corrected chi connectivity index (χ0v) is 12.2.